The van der Waals surface area contributed by atoms with Gasteiger partial charge in [-0.25, -0.2) is 0 Å². The third-order valence-electron chi connectivity index (χ3n) is 4.05. The van der Waals surface area contributed by atoms with Crippen LogP contribution in [0.3, 0.4) is 0 Å². The third kappa shape index (κ3) is 2.95. The van der Waals surface area contributed by atoms with Gasteiger partial charge in [0.1, 0.15) is 5.54 Å². The van der Waals surface area contributed by atoms with Crippen molar-refractivity contribution < 1.29 is 4.79 Å². The molecule has 0 aromatic rings. The average molecular weight is 227 g/mol. The molecule has 0 bridgehead atoms. The molecule has 4 heteroatoms. The maximum Gasteiger partial charge on any atom is 0.238 e. The van der Waals surface area contributed by atoms with E-state index in [1.54, 1.807) is 7.05 Å². The lowest BCUT2D eigenvalue weighted by molar-refractivity contribution is -0.124. The number of likely N-dealkylation sites (tertiary alicyclic amines) is 1. The molecule has 94 valence electrons. The summed E-state index contributed by atoms with van der Waals surface area (Å²) in [4.78, 5) is 13.7. The zero-order chi connectivity index (χ0) is 12.3. The van der Waals surface area contributed by atoms with Crippen molar-refractivity contribution >= 4 is 5.91 Å². The van der Waals surface area contributed by atoms with Crippen molar-refractivity contribution in [1.82, 2.24) is 10.2 Å². The summed E-state index contributed by atoms with van der Waals surface area (Å²) in [6.45, 7) is 9.28. The van der Waals surface area contributed by atoms with Crippen molar-refractivity contribution in [1.29, 1.82) is 0 Å². The van der Waals surface area contributed by atoms with Crippen LogP contribution in [0.2, 0.25) is 0 Å². The zero-order valence-corrected chi connectivity index (χ0v) is 10.9. The molecule has 3 unspecified atom stereocenters. The molecule has 1 saturated heterocycles. The van der Waals surface area contributed by atoms with Gasteiger partial charge in [0.05, 0.1) is 0 Å². The van der Waals surface area contributed by atoms with Crippen molar-refractivity contribution in [2.45, 2.75) is 32.7 Å². The highest BCUT2D eigenvalue weighted by Gasteiger charge is 2.33. The molecule has 1 aliphatic rings. The molecular formula is C12H25N3O. The lowest BCUT2D eigenvalue weighted by atomic mass is 9.87. The van der Waals surface area contributed by atoms with Crippen molar-refractivity contribution in [2.75, 3.05) is 26.7 Å². The molecule has 1 rings (SSSR count). The Morgan fingerprint density at radius 2 is 2.12 bits per heavy atom. The largest absolute Gasteiger partial charge is 0.368 e. The highest BCUT2D eigenvalue weighted by atomic mass is 16.1. The van der Waals surface area contributed by atoms with E-state index < -0.39 is 5.54 Å². The molecule has 4 nitrogen and oxygen atoms in total. The first-order valence-corrected chi connectivity index (χ1v) is 6.10. The minimum Gasteiger partial charge on any atom is -0.368 e. The number of carbonyl (C=O) groups excluding carboxylic acids is 1. The Morgan fingerprint density at radius 1 is 1.50 bits per heavy atom. The molecule has 1 amide bonds. The van der Waals surface area contributed by atoms with Gasteiger partial charge in [0.25, 0.3) is 0 Å². The molecule has 3 atom stereocenters. The van der Waals surface area contributed by atoms with Gasteiger partial charge in [-0.1, -0.05) is 13.8 Å². The Labute approximate surface area is 98.6 Å². The molecule has 1 fully saturated rings. The van der Waals surface area contributed by atoms with Gasteiger partial charge < -0.3 is 16.0 Å². The van der Waals surface area contributed by atoms with Crippen LogP contribution >= 0.6 is 0 Å². The predicted molar refractivity (Wildman–Crippen MR) is 66.0 cm³/mol. The number of hydrogen-bond acceptors (Lipinski definition) is 3. The topological polar surface area (TPSA) is 58.4 Å². The smallest absolute Gasteiger partial charge is 0.238 e. The molecule has 1 aliphatic heterocycles. The molecule has 0 aromatic heterocycles. The number of primary amides is 1. The SMILES string of the molecule is CNC(C)(CN1CCC(C)C(C)C1)C(N)=O. The molecule has 16 heavy (non-hydrogen) atoms. The number of likely N-dealkylation sites (N-methyl/N-ethyl adjacent to an activating group) is 1. The minimum atomic E-state index is -0.611. The first kappa shape index (κ1) is 13.5. The van der Waals surface area contributed by atoms with Crippen LogP contribution < -0.4 is 11.1 Å². The first-order valence-electron chi connectivity index (χ1n) is 6.10. The second-order valence-electron chi connectivity index (χ2n) is 5.42. The summed E-state index contributed by atoms with van der Waals surface area (Å²) in [7, 11) is 1.79. The number of piperidine rings is 1. The van der Waals surface area contributed by atoms with Crippen LogP contribution in [-0.4, -0.2) is 43.0 Å². The van der Waals surface area contributed by atoms with E-state index in [9.17, 15) is 4.79 Å². The minimum absolute atomic E-state index is 0.277. The van der Waals surface area contributed by atoms with E-state index in [-0.39, 0.29) is 5.91 Å². The van der Waals surface area contributed by atoms with Crippen molar-refractivity contribution in [3.05, 3.63) is 0 Å². The highest BCUT2D eigenvalue weighted by Crippen LogP contribution is 2.23. The van der Waals surface area contributed by atoms with Crippen LogP contribution in [0.1, 0.15) is 27.2 Å². The number of rotatable bonds is 4. The second kappa shape index (κ2) is 5.15. The maximum absolute atomic E-state index is 11.4. The van der Waals surface area contributed by atoms with E-state index in [2.05, 4.69) is 24.1 Å². The number of nitrogens with one attached hydrogen (secondary N) is 1. The van der Waals surface area contributed by atoms with Crippen LogP contribution in [0, 0.1) is 11.8 Å². The van der Waals surface area contributed by atoms with E-state index in [4.69, 9.17) is 5.73 Å². The monoisotopic (exact) mass is 227 g/mol. The van der Waals surface area contributed by atoms with Gasteiger partial charge in [0, 0.05) is 13.1 Å². The normalized spacial score (nSPS) is 31.0. The van der Waals surface area contributed by atoms with Gasteiger partial charge in [-0.3, -0.25) is 4.79 Å². The van der Waals surface area contributed by atoms with Crippen molar-refractivity contribution in [2.24, 2.45) is 17.6 Å². The van der Waals surface area contributed by atoms with E-state index in [0.717, 1.165) is 19.0 Å². The van der Waals surface area contributed by atoms with E-state index in [1.807, 2.05) is 6.92 Å². The van der Waals surface area contributed by atoms with Crippen molar-refractivity contribution in [3.8, 4) is 0 Å². The molecular weight excluding hydrogens is 202 g/mol. The summed E-state index contributed by atoms with van der Waals surface area (Å²) in [5, 5.41) is 3.04. The summed E-state index contributed by atoms with van der Waals surface area (Å²) in [6.07, 6.45) is 1.21. The summed E-state index contributed by atoms with van der Waals surface area (Å²) >= 11 is 0. The van der Waals surface area contributed by atoms with Gasteiger partial charge in [-0.2, -0.15) is 0 Å². The first-order chi connectivity index (χ1) is 7.39. The standard InChI is InChI=1S/C12H25N3O/c1-9-5-6-15(7-10(9)2)8-12(3,14-4)11(13)16/h9-10,14H,5-8H2,1-4H3,(H2,13,16). The number of nitrogens with two attached hydrogens (primary N) is 1. The Hall–Kier alpha value is -0.610. The van der Waals surface area contributed by atoms with Crippen LogP contribution in [0.25, 0.3) is 0 Å². The number of carbonyl (C=O) groups is 1. The van der Waals surface area contributed by atoms with Crippen LogP contribution in [0.15, 0.2) is 0 Å². The fraction of sp³-hybridized carbons (Fsp3) is 0.917. The number of nitrogens with zero attached hydrogens (tertiary/aromatic N) is 1. The molecule has 0 aromatic carbocycles. The van der Waals surface area contributed by atoms with Gasteiger partial charge in [0.2, 0.25) is 5.91 Å². The molecule has 0 spiro atoms. The second-order valence-corrected chi connectivity index (χ2v) is 5.42. The van der Waals surface area contributed by atoms with Gasteiger partial charge in [-0.05, 0) is 38.8 Å². The molecule has 1 heterocycles. The summed E-state index contributed by atoms with van der Waals surface area (Å²) in [6, 6.07) is 0. The Kier molecular flexibility index (Phi) is 4.33. The third-order valence-corrected chi connectivity index (χ3v) is 4.05. The lowest BCUT2D eigenvalue weighted by Gasteiger charge is -2.39. The van der Waals surface area contributed by atoms with Crippen LogP contribution in [-0.2, 0) is 4.79 Å². The molecule has 0 aliphatic carbocycles. The Morgan fingerprint density at radius 3 is 2.56 bits per heavy atom. The summed E-state index contributed by atoms with van der Waals surface area (Å²) in [5.74, 6) is 1.20. The molecule has 3 N–H and O–H groups in total. The average Bonchev–Trinajstić information content (AvgIpc) is 2.23. The predicted octanol–water partition coefficient (Wildman–Crippen LogP) is 0.428. The lowest BCUT2D eigenvalue weighted by Crippen LogP contribution is -2.59. The highest BCUT2D eigenvalue weighted by molar-refractivity contribution is 5.84. The van der Waals surface area contributed by atoms with Crippen LogP contribution in [0.5, 0.6) is 0 Å². The quantitative estimate of drug-likeness (QED) is 0.732. The van der Waals surface area contributed by atoms with Crippen LogP contribution in [0.4, 0.5) is 0 Å². The van der Waals surface area contributed by atoms with E-state index in [0.29, 0.717) is 12.5 Å². The van der Waals surface area contributed by atoms with Crippen molar-refractivity contribution in [3.63, 3.8) is 0 Å². The Bertz CT molecular complexity index is 257. The fourth-order valence-corrected chi connectivity index (χ4v) is 2.22. The van der Waals surface area contributed by atoms with E-state index >= 15 is 0 Å². The summed E-state index contributed by atoms with van der Waals surface area (Å²) in [5.41, 5.74) is 4.82. The van der Waals surface area contributed by atoms with Gasteiger partial charge in [-0.15, -0.1) is 0 Å². The maximum atomic E-state index is 11.4. The fourth-order valence-electron chi connectivity index (χ4n) is 2.22. The van der Waals surface area contributed by atoms with E-state index in [1.165, 1.54) is 6.42 Å². The Balaban J connectivity index is 2.57. The zero-order valence-electron chi connectivity index (χ0n) is 10.9. The number of amides is 1. The number of hydrogen-bond donors (Lipinski definition) is 2. The van der Waals surface area contributed by atoms with Gasteiger partial charge in [0.15, 0.2) is 0 Å². The van der Waals surface area contributed by atoms with Gasteiger partial charge >= 0.3 is 0 Å². The molecule has 0 saturated carbocycles. The summed E-state index contributed by atoms with van der Waals surface area (Å²) < 4.78 is 0. The molecule has 0 radical (unpaired) electrons.